The van der Waals surface area contributed by atoms with Crippen molar-refractivity contribution in [3.8, 4) is 0 Å². The Hall–Kier alpha value is -2.61. The molecule has 0 bridgehead atoms. The van der Waals surface area contributed by atoms with E-state index < -0.39 is 10.0 Å². The lowest BCUT2D eigenvalue weighted by atomic mass is 9.93. The average Bonchev–Trinajstić information content (AvgIpc) is 3.35. The average molecular weight is 416 g/mol. The quantitative estimate of drug-likeness (QED) is 0.777. The van der Waals surface area contributed by atoms with Crippen LogP contribution in [0.25, 0.3) is 0 Å². The van der Waals surface area contributed by atoms with Crippen LogP contribution in [0, 0.1) is 13.8 Å². The molecule has 1 aliphatic heterocycles. The second kappa shape index (κ2) is 7.67. The summed E-state index contributed by atoms with van der Waals surface area (Å²) < 4.78 is 31.1. The molecule has 1 saturated heterocycles. The molecule has 29 heavy (non-hydrogen) atoms. The first-order chi connectivity index (χ1) is 13.9. The van der Waals surface area contributed by atoms with Crippen LogP contribution in [-0.4, -0.2) is 38.0 Å². The minimum atomic E-state index is -3.76. The number of carbonyl (C=O) groups is 1. The van der Waals surface area contributed by atoms with Gasteiger partial charge in [0, 0.05) is 30.6 Å². The van der Waals surface area contributed by atoms with E-state index >= 15 is 0 Å². The van der Waals surface area contributed by atoms with E-state index in [1.54, 1.807) is 24.3 Å². The second-order valence-electron chi connectivity index (χ2n) is 7.67. The number of amides is 1. The normalized spacial score (nSPS) is 18.1. The summed E-state index contributed by atoms with van der Waals surface area (Å²) in [5.74, 6) is 0.978. The fraction of sp³-hybridized carbons (Fsp3) is 0.429. The van der Waals surface area contributed by atoms with Gasteiger partial charge in [0.1, 0.15) is 5.76 Å². The SMILES string of the molecule is Cc1ccc(S(=O)(=O)N/N=C2\CCCc3oc(C(=O)N4CCCC4)c(C)c32)cc1. The number of carbonyl (C=O) groups excluding carboxylic acids is 1. The number of benzene rings is 1. The van der Waals surface area contributed by atoms with Gasteiger partial charge in [-0.3, -0.25) is 4.79 Å². The molecule has 0 saturated carbocycles. The van der Waals surface area contributed by atoms with Crippen molar-refractivity contribution in [2.75, 3.05) is 13.1 Å². The van der Waals surface area contributed by atoms with Crippen molar-refractivity contribution in [1.82, 2.24) is 9.73 Å². The first kappa shape index (κ1) is 19.7. The Labute approximate surface area is 170 Å². The van der Waals surface area contributed by atoms with Gasteiger partial charge in [0.25, 0.3) is 15.9 Å². The number of nitrogens with one attached hydrogen (secondary N) is 1. The number of furan rings is 1. The van der Waals surface area contributed by atoms with Gasteiger partial charge in [-0.15, -0.1) is 0 Å². The molecule has 154 valence electrons. The van der Waals surface area contributed by atoms with Crippen LogP contribution in [0.1, 0.15) is 58.7 Å². The molecule has 1 aromatic carbocycles. The Kier molecular flexibility index (Phi) is 5.21. The number of aryl methyl sites for hydroxylation is 2. The smallest absolute Gasteiger partial charge is 0.289 e. The summed E-state index contributed by atoms with van der Waals surface area (Å²) >= 11 is 0. The third kappa shape index (κ3) is 3.81. The van der Waals surface area contributed by atoms with Crippen LogP contribution in [-0.2, 0) is 16.4 Å². The molecule has 1 fully saturated rings. The van der Waals surface area contributed by atoms with Crippen LogP contribution in [0.4, 0.5) is 0 Å². The number of hydrogen-bond donors (Lipinski definition) is 1. The summed E-state index contributed by atoms with van der Waals surface area (Å²) in [5.41, 5.74) is 3.11. The maximum atomic E-state index is 12.8. The summed E-state index contributed by atoms with van der Waals surface area (Å²) in [6.07, 6.45) is 4.16. The van der Waals surface area contributed by atoms with Crippen molar-refractivity contribution in [3.63, 3.8) is 0 Å². The van der Waals surface area contributed by atoms with Crippen molar-refractivity contribution in [2.24, 2.45) is 5.10 Å². The number of likely N-dealkylation sites (tertiary alicyclic amines) is 1. The maximum absolute atomic E-state index is 12.8. The monoisotopic (exact) mass is 415 g/mol. The van der Waals surface area contributed by atoms with Gasteiger partial charge in [-0.2, -0.15) is 18.4 Å². The molecule has 0 radical (unpaired) electrons. The highest BCUT2D eigenvalue weighted by molar-refractivity contribution is 7.89. The number of nitrogens with zero attached hydrogens (tertiary/aromatic N) is 2. The van der Waals surface area contributed by atoms with Gasteiger partial charge in [0.2, 0.25) is 0 Å². The summed E-state index contributed by atoms with van der Waals surface area (Å²) in [6.45, 7) is 5.25. The first-order valence-corrected chi connectivity index (χ1v) is 11.4. The van der Waals surface area contributed by atoms with Crippen LogP contribution < -0.4 is 4.83 Å². The molecular weight excluding hydrogens is 390 g/mol. The van der Waals surface area contributed by atoms with Crippen molar-refractivity contribution in [1.29, 1.82) is 0 Å². The van der Waals surface area contributed by atoms with Gasteiger partial charge in [0.15, 0.2) is 5.76 Å². The predicted octanol–water partition coefficient (Wildman–Crippen LogP) is 3.15. The highest BCUT2D eigenvalue weighted by Crippen LogP contribution is 2.31. The standard InChI is InChI=1S/C21H25N3O4S/c1-14-8-10-16(11-9-14)29(26,27)23-22-17-6-5-7-18-19(17)15(2)20(28-18)21(25)24-12-3-4-13-24/h8-11,23H,3-7,12-13H2,1-2H3/b22-17+. The number of hydrogen-bond acceptors (Lipinski definition) is 5. The Balaban J connectivity index is 1.62. The molecule has 8 heteroatoms. The maximum Gasteiger partial charge on any atom is 0.289 e. The van der Waals surface area contributed by atoms with E-state index in [0.29, 0.717) is 30.1 Å². The molecule has 2 aliphatic rings. The summed E-state index contributed by atoms with van der Waals surface area (Å²) in [5, 5.41) is 4.22. The van der Waals surface area contributed by atoms with E-state index in [9.17, 15) is 13.2 Å². The van der Waals surface area contributed by atoms with Gasteiger partial charge < -0.3 is 9.32 Å². The molecule has 0 spiro atoms. The van der Waals surface area contributed by atoms with Crippen LogP contribution in [0.3, 0.4) is 0 Å². The van der Waals surface area contributed by atoms with Crippen LogP contribution >= 0.6 is 0 Å². The fourth-order valence-corrected chi connectivity index (χ4v) is 4.76. The lowest BCUT2D eigenvalue weighted by molar-refractivity contribution is 0.0758. The second-order valence-corrected chi connectivity index (χ2v) is 9.33. The third-order valence-corrected chi connectivity index (χ3v) is 6.77. The van der Waals surface area contributed by atoms with Gasteiger partial charge in [-0.1, -0.05) is 17.7 Å². The largest absolute Gasteiger partial charge is 0.455 e. The summed E-state index contributed by atoms with van der Waals surface area (Å²) in [4.78, 5) is 17.1. The number of hydrazone groups is 1. The highest BCUT2D eigenvalue weighted by Gasteiger charge is 2.31. The zero-order chi connectivity index (χ0) is 20.6. The molecule has 1 aliphatic carbocycles. The van der Waals surface area contributed by atoms with E-state index in [2.05, 4.69) is 9.93 Å². The summed E-state index contributed by atoms with van der Waals surface area (Å²) in [6, 6.07) is 6.61. The molecule has 2 aromatic rings. The Bertz CT molecular complexity index is 1060. The first-order valence-electron chi connectivity index (χ1n) is 9.94. The zero-order valence-corrected chi connectivity index (χ0v) is 17.5. The van der Waals surface area contributed by atoms with Gasteiger partial charge in [0.05, 0.1) is 10.6 Å². The topological polar surface area (TPSA) is 92.0 Å². The van der Waals surface area contributed by atoms with Gasteiger partial charge >= 0.3 is 0 Å². The minimum absolute atomic E-state index is 0.0889. The Morgan fingerprint density at radius 3 is 2.45 bits per heavy atom. The third-order valence-electron chi connectivity index (χ3n) is 5.55. The summed E-state index contributed by atoms with van der Waals surface area (Å²) in [7, 11) is -3.76. The molecule has 1 amide bonds. The van der Waals surface area contributed by atoms with Crippen molar-refractivity contribution < 1.29 is 17.6 Å². The lowest BCUT2D eigenvalue weighted by Gasteiger charge is -2.14. The van der Waals surface area contributed by atoms with E-state index in [1.165, 1.54) is 0 Å². The molecule has 1 aromatic heterocycles. The van der Waals surface area contributed by atoms with Crippen molar-refractivity contribution >= 4 is 21.6 Å². The Morgan fingerprint density at radius 1 is 1.07 bits per heavy atom. The van der Waals surface area contributed by atoms with Gasteiger partial charge in [-0.05, 0) is 51.7 Å². The van der Waals surface area contributed by atoms with Gasteiger partial charge in [-0.25, -0.2) is 0 Å². The number of sulfonamides is 1. The minimum Gasteiger partial charge on any atom is -0.455 e. The van der Waals surface area contributed by atoms with E-state index in [0.717, 1.165) is 49.0 Å². The molecule has 2 heterocycles. The highest BCUT2D eigenvalue weighted by atomic mass is 32.2. The Morgan fingerprint density at radius 2 is 1.76 bits per heavy atom. The number of rotatable bonds is 4. The molecule has 7 nitrogen and oxygen atoms in total. The fourth-order valence-electron chi connectivity index (χ4n) is 3.93. The van der Waals surface area contributed by atoms with Crippen LogP contribution in [0.2, 0.25) is 0 Å². The predicted molar refractivity (Wildman–Crippen MR) is 110 cm³/mol. The van der Waals surface area contributed by atoms with Crippen molar-refractivity contribution in [2.45, 2.75) is 50.8 Å². The number of fused-ring (bicyclic) bond motifs is 1. The zero-order valence-electron chi connectivity index (χ0n) is 16.7. The van der Waals surface area contributed by atoms with Crippen molar-refractivity contribution in [3.05, 3.63) is 52.5 Å². The lowest BCUT2D eigenvalue weighted by Crippen LogP contribution is -2.27. The molecule has 0 atom stereocenters. The molecule has 0 unspecified atom stereocenters. The molecule has 4 rings (SSSR count). The molecule has 1 N–H and O–H groups in total. The van der Waals surface area contributed by atoms with E-state index in [-0.39, 0.29) is 10.8 Å². The van der Waals surface area contributed by atoms with Crippen LogP contribution in [0.5, 0.6) is 0 Å². The van der Waals surface area contributed by atoms with E-state index in [4.69, 9.17) is 4.42 Å². The van der Waals surface area contributed by atoms with E-state index in [1.807, 2.05) is 18.7 Å². The molecular formula is C21H25N3O4S. The van der Waals surface area contributed by atoms with Crippen LogP contribution in [0.15, 0.2) is 38.7 Å².